The molecule has 1 unspecified atom stereocenters. The van der Waals surface area contributed by atoms with Crippen molar-refractivity contribution in [3.05, 3.63) is 83.8 Å². The number of hydrogen-bond acceptors (Lipinski definition) is 6. The summed E-state index contributed by atoms with van der Waals surface area (Å²) in [6.07, 6.45) is -0.0194. The molecule has 0 saturated heterocycles. The predicted octanol–water partition coefficient (Wildman–Crippen LogP) is 3.77. The van der Waals surface area contributed by atoms with Gasteiger partial charge in [-0.3, -0.25) is 9.82 Å². The number of nitrogens with one attached hydrogen (secondary N) is 3. The standard InChI is InChI=1S/C25H27FN4O4S/c1-2-22-20-11-10-19(15-23(20)29-28-22)34-13-12-27-16-24(31)17-6-5-7-18(14-17)30-35(32,33)25-9-4-3-8-21(25)26/h3-11,14-15,24,27,30-31H,2,12-13,16H2,1H3,(H,28,29). The largest absolute Gasteiger partial charge is 0.492 e. The number of rotatable bonds is 11. The van der Waals surface area contributed by atoms with Crippen LogP contribution >= 0.6 is 0 Å². The highest BCUT2D eigenvalue weighted by Crippen LogP contribution is 2.23. The SMILES string of the molecule is CCc1n[nH]c2cc(OCCNCC(O)c3cccc(NS(=O)(=O)c4ccccc4F)c3)ccc12. The van der Waals surface area contributed by atoms with E-state index in [1.54, 1.807) is 12.1 Å². The first-order valence-electron chi connectivity index (χ1n) is 11.2. The third-order valence-corrected chi connectivity index (χ3v) is 6.90. The van der Waals surface area contributed by atoms with E-state index in [9.17, 15) is 17.9 Å². The molecule has 0 radical (unpaired) electrons. The van der Waals surface area contributed by atoms with Gasteiger partial charge in [-0.15, -0.1) is 0 Å². The molecule has 0 bridgehead atoms. The van der Waals surface area contributed by atoms with Crippen molar-refractivity contribution in [2.45, 2.75) is 24.3 Å². The fourth-order valence-electron chi connectivity index (χ4n) is 3.69. The molecule has 0 aliphatic rings. The Hall–Kier alpha value is -3.47. The summed E-state index contributed by atoms with van der Waals surface area (Å²) >= 11 is 0. The molecular formula is C25H27FN4O4S. The zero-order valence-corrected chi connectivity index (χ0v) is 20.0. The molecule has 1 heterocycles. The molecule has 184 valence electrons. The Bertz CT molecular complexity index is 1410. The average Bonchev–Trinajstić information content (AvgIpc) is 3.26. The van der Waals surface area contributed by atoms with E-state index in [2.05, 4.69) is 27.2 Å². The molecule has 0 saturated carbocycles. The lowest BCUT2D eigenvalue weighted by Gasteiger charge is -2.15. The Kier molecular flexibility index (Phi) is 7.64. The van der Waals surface area contributed by atoms with Crippen LogP contribution in [0.15, 0.2) is 71.6 Å². The lowest BCUT2D eigenvalue weighted by Crippen LogP contribution is -2.26. The second-order valence-electron chi connectivity index (χ2n) is 7.96. The van der Waals surface area contributed by atoms with Crippen molar-refractivity contribution in [3.8, 4) is 5.75 Å². The maximum atomic E-state index is 13.9. The van der Waals surface area contributed by atoms with E-state index in [0.717, 1.165) is 34.8 Å². The number of aromatic amines is 1. The number of aryl methyl sites for hydroxylation is 1. The number of sulfonamides is 1. The van der Waals surface area contributed by atoms with E-state index in [0.29, 0.717) is 18.7 Å². The summed E-state index contributed by atoms with van der Waals surface area (Å²) in [7, 11) is -4.10. The maximum Gasteiger partial charge on any atom is 0.264 e. The van der Waals surface area contributed by atoms with Crippen LogP contribution in [0.1, 0.15) is 24.3 Å². The zero-order valence-electron chi connectivity index (χ0n) is 19.2. The fraction of sp³-hybridized carbons (Fsp3) is 0.240. The molecule has 35 heavy (non-hydrogen) atoms. The van der Waals surface area contributed by atoms with Crippen LogP contribution in [-0.4, -0.2) is 43.4 Å². The Labute approximate surface area is 203 Å². The minimum Gasteiger partial charge on any atom is -0.492 e. The Morgan fingerprint density at radius 2 is 1.94 bits per heavy atom. The van der Waals surface area contributed by atoms with Crippen molar-refractivity contribution < 1.29 is 22.7 Å². The van der Waals surface area contributed by atoms with Gasteiger partial charge in [0.2, 0.25) is 0 Å². The number of ether oxygens (including phenoxy) is 1. The molecule has 4 rings (SSSR count). The van der Waals surface area contributed by atoms with E-state index in [1.165, 1.54) is 30.3 Å². The lowest BCUT2D eigenvalue weighted by molar-refractivity contribution is 0.172. The van der Waals surface area contributed by atoms with Gasteiger partial charge in [0.1, 0.15) is 23.1 Å². The number of nitrogens with zero attached hydrogens (tertiary/aromatic N) is 1. The highest BCUT2D eigenvalue weighted by atomic mass is 32.2. The molecule has 1 atom stereocenters. The van der Waals surface area contributed by atoms with Crippen LogP contribution in [0.25, 0.3) is 10.9 Å². The molecule has 4 N–H and O–H groups in total. The molecule has 0 fully saturated rings. The van der Waals surface area contributed by atoms with Crippen molar-refractivity contribution in [3.63, 3.8) is 0 Å². The van der Waals surface area contributed by atoms with Gasteiger partial charge in [0.25, 0.3) is 10.0 Å². The number of aliphatic hydroxyl groups is 1. The number of anilines is 1. The van der Waals surface area contributed by atoms with Crippen molar-refractivity contribution >= 4 is 26.6 Å². The minimum absolute atomic E-state index is 0.230. The van der Waals surface area contributed by atoms with Crippen molar-refractivity contribution in [1.82, 2.24) is 15.5 Å². The smallest absolute Gasteiger partial charge is 0.264 e. The summed E-state index contributed by atoms with van der Waals surface area (Å²) < 4.78 is 47.1. The van der Waals surface area contributed by atoms with E-state index in [-0.39, 0.29) is 12.2 Å². The van der Waals surface area contributed by atoms with Crippen LogP contribution in [0.4, 0.5) is 10.1 Å². The molecule has 1 aromatic heterocycles. The maximum absolute atomic E-state index is 13.9. The molecule has 0 aliphatic heterocycles. The molecule has 0 spiro atoms. The van der Waals surface area contributed by atoms with Crippen LogP contribution in [0.5, 0.6) is 5.75 Å². The van der Waals surface area contributed by atoms with Crippen molar-refractivity contribution in [1.29, 1.82) is 0 Å². The van der Waals surface area contributed by atoms with Gasteiger partial charge in [0, 0.05) is 30.2 Å². The highest BCUT2D eigenvalue weighted by Gasteiger charge is 2.19. The minimum atomic E-state index is -4.10. The third-order valence-electron chi connectivity index (χ3n) is 5.48. The van der Waals surface area contributed by atoms with Gasteiger partial charge in [0.15, 0.2) is 0 Å². The van der Waals surface area contributed by atoms with Gasteiger partial charge in [-0.05, 0) is 48.4 Å². The molecular weight excluding hydrogens is 471 g/mol. The van der Waals surface area contributed by atoms with Gasteiger partial charge in [-0.2, -0.15) is 5.10 Å². The van der Waals surface area contributed by atoms with Crippen LogP contribution in [0.3, 0.4) is 0 Å². The summed E-state index contributed by atoms with van der Waals surface area (Å²) in [5.74, 6) is -0.112. The van der Waals surface area contributed by atoms with E-state index >= 15 is 0 Å². The Morgan fingerprint density at radius 1 is 1.11 bits per heavy atom. The summed E-state index contributed by atoms with van der Waals surface area (Å²) in [5.41, 5.74) is 2.69. The number of H-pyrrole nitrogens is 1. The zero-order chi connectivity index (χ0) is 24.8. The van der Waals surface area contributed by atoms with Crippen molar-refractivity contribution in [2.24, 2.45) is 0 Å². The van der Waals surface area contributed by atoms with Gasteiger partial charge < -0.3 is 15.2 Å². The predicted molar refractivity (Wildman–Crippen MR) is 132 cm³/mol. The second kappa shape index (κ2) is 10.9. The van der Waals surface area contributed by atoms with E-state index in [4.69, 9.17) is 4.74 Å². The second-order valence-corrected chi connectivity index (χ2v) is 9.61. The fourth-order valence-corrected chi connectivity index (χ4v) is 4.82. The molecule has 8 nitrogen and oxygen atoms in total. The van der Waals surface area contributed by atoms with E-state index in [1.807, 2.05) is 18.2 Å². The number of aromatic nitrogens is 2. The van der Waals surface area contributed by atoms with Gasteiger partial charge in [0.05, 0.1) is 17.3 Å². The van der Waals surface area contributed by atoms with Crippen LogP contribution in [0, 0.1) is 5.82 Å². The lowest BCUT2D eigenvalue weighted by atomic mass is 10.1. The number of aliphatic hydroxyl groups excluding tert-OH is 1. The highest BCUT2D eigenvalue weighted by molar-refractivity contribution is 7.92. The molecule has 0 aliphatic carbocycles. The molecule has 10 heteroatoms. The topological polar surface area (TPSA) is 116 Å². The molecule has 3 aromatic carbocycles. The summed E-state index contributed by atoms with van der Waals surface area (Å²) in [6, 6.07) is 17.3. The number of benzene rings is 3. The Balaban J connectivity index is 1.27. The van der Waals surface area contributed by atoms with Crippen molar-refractivity contribution in [2.75, 3.05) is 24.4 Å². The van der Waals surface area contributed by atoms with Crippen LogP contribution in [-0.2, 0) is 16.4 Å². The first-order valence-corrected chi connectivity index (χ1v) is 12.7. The number of fused-ring (bicyclic) bond motifs is 1. The number of halogens is 1. The quantitative estimate of drug-likeness (QED) is 0.234. The van der Waals surface area contributed by atoms with Gasteiger partial charge >= 0.3 is 0 Å². The van der Waals surface area contributed by atoms with Crippen LogP contribution < -0.4 is 14.8 Å². The molecule has 0 amide bonds. The molecule has 4 aromatic rings. The first-order chi connectivity index (χ1) is 16.9. The summed E-state index contributed by atoms with van der Waals surface area (Å²) in [5, 5.41) is 22.0. The third kappa shape index (κ3) is 5.97. The van der Waals surface area contributed by atoms with E-state index < -0.39 is 26.8 Å². The average molecular weight is 499 g/mol. The number of hydrogen-bond donors (Lipinski definition) is 4. The monoisotopic (exact) mass is 498 g/mol. The normalized spacial score (nSPS) is 12.5. The summed E-state index contributed by atoms with van der Waals surface area (Å²) in [4.78, 5) is -0.440. The first kappa shape index (κ1) is 24.6. The summed E-state index contributed by atoms with van der Waals surface area (Å²) in [6.45, 7) is 3.19. The Morgan fingerprint density at radius 3 is 2.74 bits per heavy atom. The van der Waals surface area contributed by atoms with Gasteiger partial charge in [-0.25, -0.2) is 12.8 Å². The van der Waals surface area contributed by atoms with Crippen LogP contribution in [0.2, 0.25) is 0 Å². The van der Waals surface area contributed by atoms with Gasteiger partial charge in [-0.1, -0.05) is 31.2 Å².